The number of ether oxygens (including phenoxy) is 1. The Bertz CT molecular complexity index is 453. The summed E-state index contributed by atoms with van der Waals surface area (Å²) in [6, 6.07) is 0. The van der Waals surface area contributed by atoms with Gasteiger partial charge < -0.3 is 15.4 Å². The van der Waals surface area contributed by atoms with E-state index in [1.165, 1.54) is 5.56 Å². The molecule has 7 nitrogen and oxygen atoms in total. The average molecular weight is 308 g/mol. The fraction of sp³-hybridized carbons (Fsp3) is 0.733. The smallest absolute Gasteiger partial charge is 0.191 e. The lowest BCUT2D eigenvalue weighted by atomic mass is 10.2. The molecule has 0 bridgehead atoms. The predicted octanol–water partition coefficient (Wildman–Crippen LogP) is -0.150. The molecule has 1 aliphatic rings. The Kier molecular flexibility index (Phi) is 7.18. The molecule has 124 valence electrons. The molecule has 1 aromatic heterocycles. The molecular formula is C15H28N6O. The highest BCUT2D eigenvalue weighted by Crippen LogP contribution is 1.97. The summed E-state index contributed by atoms with van der Waals surface area (Å²) in [4.78, 5) is 7.03. The molecule has 0 saturated carbocycles. The quantitative estimate of drug-likeness (QED) is 0.542. The van der Waals surface area contributed by atoms with Crippen LogP contribution in [-0.2, 0) is 18.2 Å². The van der Waals surface area contributed by atoms with E-state index in [1.54, 1.807) is 0 Å². The first-order chi connectivity index (χ1) is 10.8. The van der Waals surface area contributed by atoms with E-state index in [0.717, 1.165) is 64.9 Å². The van der Waals surface area contributed by atoms with Gasteiger partial charge >= 0.3 is 0 Å². The Morgan fingerprint density at radius 1 is 1.36 bits per heavy atom. The number of rotatable bonds is 7. The van der Waals surface area contributed by atoms with E-state index in [0.29, 0.717) is 0 Å². The first-order valence-electron chi connectivity index (χ1n) is 8.07. The zero-order valence-corrected chi connectivity index (χ0v) is 13.7. The van der Waals surface area contributed by atoms with Crippen molar-refractivity contribution in [1.82, 2.24) is 25.3 Å². The summed E-state index contributed by atoms with van der Waals surface area (Å²) >= 11 is 0. The Morgan fingerprint density at radius 3 is 2.86 bits per heavy atom. The lowest BCUT2D eigenvalue weighted by Crippen LogP contribution is -2.40. The number of aryl methyl sites for hydroxylation is 1. The van der Waals surface area contributed by atoms with E-state index >= 15 is 0 Å². The summed E-state index contributed by atoms with van der Waals surface area (Å²) < 4.78 is 7.18. The molecule has 1 fully saturated rings. The Balaban J connectivity index is 1.69. The summed E-state index contributed by atoms with van der Waals surface area (Å²) in [7, 11) is 1.94. The lowest BCUT2D eigenvalue weighted by molar-refractivity contribution is 0.0394. The van der Waals surface area contributed by atoms with Gasteiger partial charge in [0.1, 0.15) is 0 Å². The number of aromatic nitrogens is 2. The maximum absolute atomic E-state index is 5.35. The first-order valence-corrected chi connectivity index (χ1v) is 8.07. The number of hydrogen-bond acceptors (Lipinski definition) is 4. The SMILES string of the molecule is CCNC(=NCCN1CCOCC1)NCCc1cnn(C)c1. The molecule has 0 unspecified atom stereocenters. The third-order valence-corrected chi connectivity index (χ3v) is 3.60. The van der Waals surface area contributed by atoms with Crippen molar-refractivity contribution >= 4 is 5.96 Å². The van der Waals surface area contributed by atoms with E-state index in [4.69, 9.17) is 4.74 Å². The summed E-state index contributed by atoms with van der Waals surface area (Å²) in [5, 5.41) is 10.8. The fourth-order valence-electron chi connectivity index (χ4n) is 2.40. The minimum absolute atomic E-state index is 0.808. The maximum atomic E-state index is 5.35. The molecular weight excluding hydrogens is 280 g/mol. The molecule has 2 N–H and O–H groups in total. The third-order valence-electron chi connectivity index (χ3n) is 3.60. The zero-order chi connectivity index (χ0) is 15.6. The second-order valence-corrected chi connectivity index (χ2v) is 5.41. The minimum atomic E-state index is 0.808. The number of nitrogens with one attached hydrogen (secondary N) is 2. The number of morpholine rings is 1. The average Bonchev–Trinajstić information content (AvgIpc) is 2.94. The van der Waals surface area contributed by atoms with Gasteiger partial charge in [-0.1, -0.05) is 0 Å². The maximum Gasteiger partial charge on any atom is 0.191 e. The first kappa shape index (κ1) is 16.8. The monoisotopic (exact) mass is 308 g/mol. The second kappa shape index (κ2) is 9.42. The Labute approximate surface area is 132 Å². The summed E-state index contributed by atoms with van der Waals surface area (Å²) in [5.74, 6) is 0.889. The highest BCUT2D eigenvalue weighted by molar-refractivity contribution is 5.79. The van der Waals surface area contributed by atoms with Crippen molar-refractivity contribution in [3.05, 3.63) is 18.0 Å². The molecule has 0 amide bonds. The van der Waals surface area contributed by atoms with Crippen LogP contribution in [0.3, 0.4) is 0 Å². The van der Waals surface area contributed by atoms with Crippen LogP contribution in [0.1, 0.15) is 12.5 Å². The molecule has 0 radical (unpaired) electrons. The predicted molar refractivity (Wildman–Crippen MR) is 88.2 cm³/mol. The van der Waals surface area contributed by atoms with E-state index in [-0.39, 0.29) is 0 Å². The normalized spacial score (nSPS) is 16.7. The third kappa shape index (κ3) is 6.03. The van der Waals surface area contributed by atoms with Crippen LogP contribution in [0.2, 0.25) is 0 Å². The molecule has 2 heterocycles. The van der Waals surface area contributed by atoms with Crippen LogP contribution in [0.15, 0.2) is 17.4 Å². The highest BCUT2D eigenvalue weighted by atomic mass is 16.5. The Hall–Kier alpha value is -1.60. The standard InChI is InChI=1S/C15H28N6O/c1-3-16-15(17-5-4-14-12-19-20(2)13-14)18-6-7-21-8-10-22-11-9-21/h12-13H,3-11H2,1-2H3,(H2,16,17,18). The lowest BCUT2D eigenvalue weighted by Gasteiger charge is -2.25. The van der Waals surface area contributed by atoms with E-state index in [1.807, 2.05) is 24.1 Å². The molecule has 0 aliphatic carbocycles. The van der Waals surface area contributed by atoms with Crippen LogP contribution in [0.5, 0.6) is 0 Å². The van der Waals surface area contributed by atoms with Crippen LogP contribution in [-0.4, -0.2) is 73.1 Å². The Morgan fingerprint density at radius 2 is 2.18 bits per heavy atom. The second-order valence-electron chi connectivity index (χ2n) is 5.41. The van der Waals surface area contributed by atoms with Gasteiger partial charge in [-0.05, 0) is 18.9 Å². The van der Waals surface area contributed by atoms with E-state index in [2.05, 4.69) is 32.5 Å². The van der Waals surface area contributed by atoms with Gasteiger partial charge in [-0.25, -0.2) is 0 Å². The van der Waals surface area contributed by atoms with Crippen molar-refractivity contribution in [2.45, 2.75) is 13.3 Å². The van der Waals surface area contributed by atoms with Crippen molar-refractivity contribution in [3.8, 4) is 0 Å². The van der Waals surface area contributed by atoms with Crippen LogP contribution >= 0.6 is 0 Å². The van der Waals surface area contributed by atoms with Crippen LogP contribution in [0.25, 0.3) is 0 Å². The van der Waals surface area contributed by atoms with Gasteiger partial charge in [-0.2, -0.15) is 5.10 Å². The van der Waals surface area contributed by atoms with Crippen molar-refractivity contribution in [3.63, 3.8) is 0 Å². The largest absolute Gasteiger partial charge is 0.379 e. The van der Waals surface area contributed by atoms with Gasteiger partial charge in [0.2, 0.25) is 0 Å². The van der Waals surface area contributed by atoms with Crippen molar-refractivity contribution < 1.29 is 4.74 Å². The van der Waals surface area contributed by atoms with E-state index < -0.39 is 0 Å². The van der Waals surface area contributed by atoms with Crippen LogP contribution in [0.4, 0.5) is 0 Å². The summed E-state index contributed by atoms with van der Waals surface area (Å²) in [5.41, 5.74) is 1.24. The van der Waals surface area contributed by atoms with Crippen molar-refractivity contribution in [2.75, 3.05) is 52.5 Å². The van der Waals surface area contributed by atoms with Gasteiger partial charge in [-0.3, -0.25) is 14.6 Å². The summed E-state index contributed by atoms with van der Waals surface area (Å²) in [6.45, 7) is 9.32. The topological polar surface area (TPSA) is 66.7 Å². The van der Waals surface area contributed by atoms with Crippen molar-refractivity contribution in [2.24, 2.45) is 12.0 Å². The highest BCUT2D eigenvalue weighted by Gasteiger charge is 2.09. The molecule has 0 aromatic carbocycles. The van der Waals surface area contributed by atoms with Gasteiger partial charge in [0, 0.05) is 46.0 Å². The molecule has 0 atom stereocenters. The summed E-state index contributed by atoms with van der Waals surface area (Å²) in [6.07, 6.45) is 4.90. The molecule has 7 heteroatoms. The van der Waals surface area contributed by atoms with Crippen molar-refractivity contribution in [1.29, 1.82) is 0 Å². The van der Waals surface area contributed by atoms with E-state index in [9.17, 15) is 0 Å². The molecule has 2 rings (SSSR count). The van der Waals surface area contributed by atoms with Gasteiger partial charge in [0.15, 0.2) is 5.96 Å². The fourth-order valence-corrected chi connectivity index (χ4v) is 2.40. The van der Waals surface area contributed by atoms with Gasteiger partial charge in [0.25, 0.3) is 0 Å². The van der Waals surface area contributed by atoms with Crippen LogP contribution < -0.4 is 10.6 Å². The van der Waals surface area contributed by atoms with Crippen LogP contribution in [0, 0.1) is 0 Å². The number of nitrogens with zero attached hydrogens (tertiary/aromatic N) is 4. The zero-order valence-electron chi connectivity index (χ0n) is 13.7. The molecule has 1 aliphatic heterocycles. The number of hydrogen-bond donors (Lipinski definition) is 2. The number of guanidine groups is 1. The molecule has 1 saturated heterocycles. The molecule has 1 aromatic rings. The van der Waals surface area contributed by atoms with Gasteiger partial charge in [-0.15, -0.1) is 0 Å². The minimum Gasteiger partial charge on any atom is -0.379 e. The number of aliphatic imine (C=N–C) groups is 1. The molecule has 22 heavy (non-hydrogen) atoms. The van der Waals surface area contributed by atoms with Gasteiger partial charge in [0.05, 0.1) is 26.0 Å². The molecule has 0 spiro atoms.